The lowest BCUT2D eigenvalue weighted by Crippen LogP contribution is -2.40. The zero-order chi connectivity index (χ0) is 17.2. The smallest absolute Gasteiger partial charge is 0.263 e. The first-order chi connectivity index (χ1) is 11.4. The van der Waals surface area contributed by atoms with Crippen molar-refractivity contribution in [1.82, 2.24) is 10.3 Å². The average Bonchev–Trinajstić information content (AvgIpc) is 3.01. The van der Waals surface area contributed by atoms with Gasteiger partial charge in [-0.3, -0.25) is 4.72 Å². The number of halogens is 1. The molecule has 130 valence electrons. The molecule has 0 amide bonds. The van der Waals surface area contributed by atoms with E-state index >= 15 is 0 Å². The molecule has 0 unspecified atom stereocenters. The van der Waals surface area contributed by atoms with Crippen LogP contribution in [0.2, 0.25) is 5.02 Å². The molecule has 1 aliphatic heterocycles. The Morgan fingerprint density at radius 2 is 2.29 bits per heavy atom. The number of benzene rings is 1. The van der Waals surface area contributed by atoms with Crippen molar-refractivity contribution in [2.45, 2.75) is 36.8 Å². The van der Waals surface area contributed by atoms with E-state index in [2.05, 4.69) is 21.9 Å². The van der Waals surface area contributed by atoms with Gasteiger partial charge in [0, 0.05) is 17.6 Å². The molecular weight excluding hydrogens is 370 g/mol. The highest BCUT2D eigenvalue weighted by atomic mass is 35.5. The van der Waals surface area contributed by atoms with Gasteiger partial charge in [-0.15, -0.1) is 11.3 Å². The summed E-state index contributed by atoms with van der Waals surface area (Å²) in [5, 5.41) is 5.65. The van der Waals surface area contributed by atoms with Gasteiger partial charge in [-0.25, -0.2) is 13.4 Å². The van der Waals surface area contributed by atoms with Gasteiger partial charge in [0.25, 0.3) is 10.0 Å². The van der Waals surface area contributed by atoms with Crippen LogP contribution in [0.25, 0.3) is 0 Å². The highest BCUT2D eigenvalue weighted by molar-refractivity contribution is 7.93. The molecule has 2 heterocycles. The SMILES string of the molecule is C[C@@H]1C[C@@H](Oc2ccc(S(=O)(=O)Nc3nccs3)cc2Cl)CCN1. The topological polar surface area (TPSA) is 80.3 Å². The van der Waals surface area contributed by atoms with Crippen LogP contribution in [0.4, 0.5) is 5.13 Å². The molecule has 6 nitrogen and oxygen atoms in total. The van der Waals surface area contributed by atoms with E-state index in [-0.39, 0.29) is 16.0 Å². The number of aromatic nitrogens is 1. The molecule has 9 heteroatoms. The predicted octanol–water partition coefficient (Wildman–Crippen LogP) is 3.12. The fourth-order valence-electron chi connectivity index (χ4n) is 2.56. The number of rotatable bonds is 5. The van der Waals surface area contributed by atoms with Crippen LogP contribution in [0.1, 0.15) is 19.8 Å². The second-order valence-electron chi connectivity index (χ2n) is 5.65. The predicted molar refractivity (Wildman–Crippen MR) is 95.5 cm³/mol. The molecule has 3 rings (SSSR count). The van der Waals surface area contributed by atoms with Gasteiger partial charge < -0.3 is 10.1 Å². The van der Waals surface area contributed by atoms with Gasteiger partial charge in [-0.1, -0.05) is 11.6 Å². The molecule has 0 radical (unpaired) electrons. The van der Waals surface area contributed by atoms with Crippen molar-refractivity contribution in [2.24, 2.45) is 0 Å². The van der Waals surface area contributed by atoms with E-state index in [0.29, 0.717) is 16.9 Å². The molecule has 0 saturated carbocycles. The van der Waals surface area contributed by atoms with Crippen molar-refractivity contribution in [3.8, 4) is 5.75 Å². The molecule has 0 bridgehead atoms. The first-order valence-corrected chi connectivity index (χ1v) is 10.3. The Balaban J connectivity index is 1.74. The summed E-state index contributed by atoms with van der Waals surface area (Å²) in [7, 11) is -3.72. The molecule has 1 saturated heterocycles. The van der Waals surface area contributed by atoms with E-state index in [4.69, 9.17) is 16.3 Å². The van der Waals surface area contributed by atoms with Crippen LogP contribution in [0.3, 0.4) is 0 Å². The summed E-state index contributed by atoms with van der Waals surface area (Å²) in [6.45, 7) is 3.00. The van der Waals surface area contributed by atoms with Gasteiger partial charge in [0.15, 0.2) is 5.13 Å². The number of nitrogens with zero attached hydrogens (tertiary/aromatic N) is 1. The van der Waals surface area contributed by atoms with Crippen molar-refractivity contribution < 1.29 is 13.2 Å². The van der Waals surface area contributed by atoms with E-state index in [1.54, 1.807) is 11.4 Å². The summed E-state index contributed by atoms with van der Waals surface area (Å²) in [4.78, 5) is 3.99. The summed E-state index contributed by atoms with van der Waals surface area (Å²) < 4.78 is 33.0. The molecule has 2 atom stereocenters. The quantitative estimate of drug-likeness (QED) is 0.823. The third kappa shape index (κ3) is 4.18. The Hall–Kier alpha value is -1.35. The highest BCUT2D eigenvalue weighted by Gasteiger charge is 2.22. The normalized spacial score (nSPS) is 21.4. The molecule has 1 aliphatic rings. The Labute approximate surface area is 150 Å². The Bertz CT molecular complexity index is 796. The minimum absolute atomic E-state index is 0.0775. The first kappa shape index (κ1) is 17.5. The van der Waals surface area contributed by atoms with Crippen LogP contribution in [0.5, 0.6) is 5.75 Å². The van der Waals surface area contributed by atoms with E-state index in [0.717, 1.165) is 19.4 Å². The van der Waals surface area contributed by atoms with Crippen LogP contribution >= 0.6 is 22.9 Å². The largest absolute Gasteiger partial charge is 0.489 e. The third-order valence-electron chi connectivity index (χ3n) is 3.74. The fourth-order valence-corrected chi connectivity index (χ4v) is 4.67. The number of hydrogen-bond donors (Lipinski definition) is 2. The minimum atomic E-state index is -3.72. The molecule has 2 aromatic rings. The number of sulfonamides is 1. The van der Waals surface area contributed by atoms with Crippen molar-refractivity contribution >= 4 is 38.1 Å². The van der Waals surface area contributed by atoms with Crippen LogP contribution in [-0.4, -0.2) is 32.1 Å². The number of thiazole rings is 1. The van der Waals surface area contributed by atoms with Gasteiger partial charge in [-0.05, 0) is 44.5 Å². The second-order valence-corrected chi connectivity index (χ2v) is 8.64. The highest BCUT2D eigenvalue weighted by Crippen LogP contribution is 2.30. The molecule has 1 fully saturated rings. The Morgan fingerprint density at radius 3 is 2.96 bits per heavy atom. The van der Waals surface area contributed by atoms with E-state index in [1.165, 1.54) is 29.7 Å². The Kier molecular flexibility index (Phi) is 5.29. The lowest BCUT2D eigenvalue weighted by molar-refractivity contribution is 0.144. The van der Waals surface area contributed by atoms with E-state index in [9.17, 15) is 8.42 Å². The number of nitrogens with one attached hydrogen (secondary N) is 2. The van der Waals surface area contributed by atoms with Gasteiger partial charge in [0.05, 0.1) is 9.92 Å². The molecule has 0 spiro atoms. The van der Waals surface area contributed by atoms with Gasteiger partial charge in [0.1, 0.15) is 11.9 Å². The third-order valence-corrected chi connectivity index (χ3v) is 6.19. The molecular formula is C15H18ClN3O3S2. The van der Waals surface area contributed by atoms with Crippen molar-refractivity contribution in [3.05, 3.63) is 34.8 Å². The monoisotopic (exact) mass is 387 g/mol. The maximum Gasteiger partial charge on any atom is 0.263 e. The van der Waals surface area contributed by atoms with Crippen LogP contribution in [0, 0.1) is 0 Å². The number of anilines is 1. The standard InChI is InChI=1S/C15H18ClN3O3S2/c1-10-8-11(4-5-17-10)22-14-3-2-12(9-13(14)16)24(20,21)19-15-18-6-7-23-15/h2-3,6-7,9-11,17H,4-5,8H2,1H3,(H,18,19)/t10-,11+/m1/s1. The second kappa shape index (κ2) is 7.26. The van der Waals surface area contributed by atoms with E-state index in [1.807, 2.05) is 0 Å². The molecule has 24 heavy (non-hydrogen) atoms. The van der Waals surface area contributed by atoms with Crippen molar-refractivity contribution in [3.63, 3.8) is 0 Å². The summed E-state index contributed by atoms with van der Waals surface area (Å²) in [6.07, 6.45) is 3.40. The van der Waals surface area contributed by atoms with Gasteiger partial charge in [0.2, 0.25) is 0 Å². The van der Waals surface area contributed by atoms with Gasteiger partial charge >= 0.3 is 0 Å². The maximum absolute atomic E-state index is 12.3. The summed E-state index contributed by atoms with van der Waals surface area (Å²) >= 11 is 7.44. The average molecular weight is 388 g/mol. The van der Waals surface area contributed by atoms with E-state index < -0.39 is 10.0 Å². The number of hydrogen-bond acceptors (Lipinski definition) is 6. The van der Waals surface area contributed by atoms with Crippen molar-refractivity contribution in [1.29, 1.82) is 0 Å². The zero-order valence-corrected chi connectivity index (χ0v) is 15.4. The Morgan fingerprint density at radius 1 is 1.46 bits per heavy atom. The summed E-state index contributed by atoms with van der Waals surface area (Å²) in [6, 6.07) is 4.88. The van der Waals surface area contributed by atoms with Crippen molar-refractivity contribution in [2.75, 3.05) is 11.3 Å². The molecule has 2 N–H and O–H groups in total. The lowest BCUT2D eigenvalue weighted by atomic mass is 10.0. The van der Waals surface area contributed by atoms with Crippen LogP contribution < -0.4 is 14.8 Å². The van der Waals surface area contributed by atoms with Crippen LogP contribution in [0.15, 0.2) is 34.7 Å². The molecule has 1 aromatic heterocycles. The summed E-state index contributed by atoms with van der Waals surface area (Å²) in [5.74, 6) is 0.504. The summed E-state index contributed by atoms with van der Waals surface area (Å²) in [5.41, 5.74) is 0. The van der Waals surface area contributed by atoms with Gasteiger partial charge in [-0.2, -0.15) is 0 Å². The number of ether oxygens (including phenoxy) is 1. The lowest BCUT2D eigenvalue weighted by Gasteiger charge is -2.28. The zero-order valence-electron chi connectivity index (χ0n) is 13.0. The molecule has 0 aliphatic carbocycles. The number of piperidine rings is 1. The fraction of sp³-hybridized carbons (Fsp3) is 0.400. The first-order valence-electron chi connectivity index (χ1n) is 7.56. The minimum Gasteiger partial charge on any atom is -0.489 e. The molecule has 1 aromatic carbocycles. The maximum atomic E-state index is 12.3. The van der Waals surface area contributed by atoms with Crippen LogP contribution in [-0.2, 0) is 10.0 Å².